The zero-order valence-corrected chi connectivity index (χ0v) is 18.0. The van der Waals surface area contributed by atoms with Gasteiger partial charge in [-0.05, 0) is 56.0 Å². The van der Waals surface area contributed by atoms with Gasteiger partial charge in [0.15, 0.2) is 13.2 Å². The molecule has 1 aromatic carbocycles. The molecule has 1 aromatic heterocycles. The summed E-state index contributed by atoms with van der Waals surface area (Å²) < 4.78 is 12.4. The maximum absolute atomic E-state index is 12.5. The van der Waals surface area contributed by atoms with Gasteiger partial charge in [0.05, 0.1) is 0 Å². The molecule has 0 amide bonds. The largest absolute Gasteiger partial charge is 0.479 e. The fourth-order valence-electron chi connectivity index (χ4n) is 3.03. The average Bonchev–Trinajstić information content (AvgIpc) is 3.01. The molecule has 0 saturated heterocycles. The number of carbonyl (C=O) groups is 2. The Bertz CT molecular complexity index is 947. The van der Waals surface area contributed by atoms with Crippen LogP contribution in [0.2, 0.25) is 0 Å². The van der Waals surface area contributed by atoms with E-state index in [2.05, 4.69) is 18.4 Å². The minimum Gasteiger partial charge on any atom is -0.479 e. The predicted octanol–water partition coefficient (Wildman–Crippen LogP) is 4.49. The van der Waals surface area contributed by atoms with Crippen LogP contribution in [0.1, 0.15) is 47.6 Å². The number of hydrogen-bond acceptors (Lipinski definition) is 5. The lowest BCUT2D eigenvalue weighted by Crippen LogP contribution is -2.14. The second-order valence-electron chi connectivity index (χ2n) is 7.50. The van der Waals surface area contributed by atoms with Crippen LogP contribution < -0.4 is 4.74 Å². The third-order valence-corrected chi connectivity index (χ3v) is 4.74. The summed E-state index contributed by atoms with van der Waals surface area (Å²) in [5.41, 5.74) is 3.31. The Morgan fingerprint density at radius 2 is 1.90 bits per heavy atom. The first-order valence-corrected chi connectivity index (χ1v) is 9.96. The molecular formula is C24H28N2O4. The molecule has 0 spiro atoms. The summed E-state index contributed by atoms with van der Waals surface area (Å²) in [6.45, 7) is 8.80. The first-order valence-electron chi connectivity index (χ1n) is 9.96. The molecular weight excluding hydrogens is 380 g/mol. The Hall–Kier alpha value is -3.33. The van der Waals surface area contributed by atoms with Gasteiger partial charge in [-0.25, -0.2) is 4.79 Å². The summed E-state index contributed by atoms with van der Waals surface area (Å²) in [5, 5.41) is 8.50. The molecule has 0 bridgehead atoms. The van der Waals surface area contributed by atoms with Gasteiger partial charge in [0.25, 0.3) is 0 Å². The number of ketones is 1. The highest BCUT2D eigenvalue weighted by Gasteiger charge is 2.17. The lowest BCUT2D eigenvalue weighted by atomic mass is 10.1. The van der Waals surface area contributed by atoms with Crippen molar-refractivity contribution in [2.75, 3.05) is 13.2 Å². The molecule has 0 unspecified atom stereocenters. The smallest absolute Gasteiger partial charge is 0.331 e. The molecule has 0 fully saturated rings. The van der Waals surface area contributed by atoms with Crippen LogP contribution in [0, 0.1) is 31.1 Å². The maximum Gasteiger partial charge on any atom is 0.331 e. The van der Waals surface area contributed by atoms with Crippen molar-refractivity contribution in [2.45, 2.75) is 40.7 Å². The summed E-state index contributed by atoms with van der Waals surface area (Å²) in [5.74, 6) is 0.369. The van der Waals surface area contributed by atoms with Crippen molar-refractivity contribution in [3.8, 4) is 11.8 Å². The molecule has 6 heteroatoms. The maximum atomic E-state index is 12.5. The number of benzene rings is 1. The molecule has 6 nitrogen and oxygen atoms in total. The summed E-state index contributed by atoms with van der Waals surface area (Å²) in [4.78, 5) is 24.5. The Morgan fingerprint density at radius 1 is 1.20 bits per heavy atom. The Balaban J connectivity index is 1.90. The van der Waals surface area contributed by atoms with E-state index in [1.54, 1.807) is 30.3 Å². The van der Waals surface area contributed by atoms with E-state index < -0.39 is 5.97 Å². The van der Waals surface area contributed by atoms with Crippen LogP contribution >= 0.6 is 0 Å². The van der Waals surface area contributed by atoms with Crippen molar-refractivity contribution < 1.29 is 19.1 Å². The van der Waals surface area contributed by atoms with Gasteiger partial charge in [-0.1, -0.05) is 26.0 Å². The summed E-state index contributed by atoms with van der Waals surface area (Å²) >= 11 is 0. The molecule has 0 saturated carbocycles. The minimum atomic E-state index is -0.582. The van der Waals surface area contributed by atoms with E-state index >= 15 is 0 Å². The number of aryl methyl sites for hydroxylation is 1. The van der Waals surface area contributed by atoms with E-state index in [1.165, 1.54) is 6.08 Å². The number of hydrogen-bond donors (Lipinski definition) is 0. The van der Waals surface area contributed by atoms with Crippen molar-refractivity contribution in [2.24, 2.45) is 5.92 Å². The number of nitriles is 1. The molecule has 0 aliphatic heterocycles. The third kappa shape index (κ3) is 6.63. The first kappa shape index (κ1) is 23.0. The molecule has 1 heterocycles. The quantitative estimate of drug-likeness (QED) is 0.329. The number of carbonyl (C=O) groups excluding carboxylic acids is 2. The standard InChI is InChI=1S/C24H28N2O4/c1-17(2)11-13-26-18(3)15-22(19(26)4)23(27)16-30-24(28)10-7-20-5-8-21(9-6-20)29-14-12-25/h5-10,15,17H,11,13-14,16H2,1-4H3/b10-7+. The average molecular weight is 408 g/mol. The van der Waals surface area contributed by atoms with Gasteiger partial charge in [0.1, 0.15) is 11.8 Å². The predicted molar refractivity (Wildman–Crippen MR) is 115 cm³/mol. The van der Waals surface area contributed by atoms with E-state index in [0.29, 0.717) is 17.2 Å². The number of aromatic nitrogens is 1. The highest BCUT2D eigenvalue weighted by molar-refractivity contribution is 6.00. The first-order chi connectivity index (χ1) is 14.3. The van der Waals surface area contributed by atoms with Crippen molar-refractivity contribution >= 4 is 17.8 Å². The lowest BCUT2D eigenvalue weighted by Gasteiger charge is -2.11. The fraction of sp³-hybridized carbons (Fsp3) is 0.375. The SMILES string of the molecule is Cc1cc(C(=O)COC(=O)/C=C/c2ccc(OCC#N)cc2)c(C)n1CCC(C)C. The topological polar surface area (TPSA) is 81.3 Å². The second kappa shape index (κ2) is 11.0. The molecule has 0 radical (unpaired) electrons. The fourth-order valence-corrected chi connectivity index (χ4v) is 3.03. The molecule has 30 heavy (non-hydrogen) atoms. The van der Waals surface area contributed by atoms with Gasteiger partial charge in [-0.3, -0.25) is 4.79 Å². The van der Waals surface area contributed by atoms with E-state index in [4.69, 9.17) is 14.7 Å². The normalized spacial score (nSPS) is 10.9. The summed E-state index contributed by atoms with van der Waals surface area (Å²) in [7, 11) is 0. The monoisotopic (exact) mass is 408 g/mol. The van der Waals surface area contributed by atoms with Gasteiger partial charge in [-0.15, -0.1) is 0 Å². The van der Waals surface area contributed by atoms with Crippen LogP contribution in [0.15, 0.2) is 36.4 Å². The van der Waals surface area contributed by atoms with Gasteiger partial charge in [0.2, 0.25) is 5.78 Å². The van der Waals surface area contributed by atoms with Crippen LogP contribution in [0.25, 0.3) is 6.08 Å². The van der Waals surface area contributed by atoms with E-state index in [9.17, 15) is 9.59 Å². The van der Waals surface area contributed by atoms with Crippen LogP contribution in [-0.4, -0.2) is 29.5 Å². The molecule has 2 rings (SSSR count). The number of ether oxygens (including phenoxy) is 2. The van der Waals surface area contributed by atoms with Crippen molar-refractivity contribution in [3.05, 3.63) is 58.9 Å². The van der Waals surface area contributed by atoms with Crippen molar-refractivity contribution in [3.63, 3.8) is 0 Å². The molecule has 0 aliphatic carbocycles. The highest BCUT2D eigenvalue weighted by Crippen LogP contribution is 2.18. The Kier molecular flexibility index (Phi) is 8.42. The molecule has 0 aliphatic rings. The van der Waals surface area contributed by atoms with Crippen LogP contribution in [0.3, 0.4) is 0 Å². The minimum absolute atomic E-state index is 0.0182. The zero-order chi connectivity index (χ0) is 22.1. The van der Waals surface area contributed by atoms with Crippen LogP contribution in [0.4, 0.5) is 0 Å². The van der Waals surface area contributed by atoms with Crippen molar-refractivity contribution in [1.29, 1.82) is 5.26 Å². The van der Waals surface area contributed by atoms with Crippen molar-refractivity contribution in [1.82, 2.24) is 4.57 Å². The Morgan fingerprint density at radius 3 is 2.53 bits per heavy atom. The van der Waals surface area contributed by atoms with E-state index in [1.807, 2.05) is 26.0 Å². The molecule has 0 atom stereocenters. The molecule has 158 valence electrons. The summed E-state index contributed by atoms with van der Waals surface area (Å²) in [6.07, 6.45) is 3.91. The number of nitrogens with zero attached hydrogens (tertiary/aromatic N) is 2. The molecule has 2 aromatic rings. The van der Waals surface area contributed by atoms with Gasteiger partial charge in [-0.2, -0.15) is 5.26 Å². The summed E-state index contributed by atoms with van der Waals surface area (Å²) in [6, 6.07) is 10.7. The zero-order valence-electron chi connectivity index (χ0n) is 18.0. The Labute approximate surface area is 177 Å². The lowest BCUT2D eigenvalue weighted by molar-refractivity contribution is -0.136. The van der Waals surface area contributed by atoms with Crippen LogP contribution in [-0.2, 0) is 16.1 Å². The number of esters is 1. The number of Topliss-reactive ketones (excluding diaryl/α,β-unsaturated/α-hetero) is 1. The van der Waals surface area contributed by atoms with Crippen LogP contribution in [0.5, 0.6) is 5.75 Å². The number of rotatable bonds is 10. The van der Waals surface area contributed by atoms with Gasteiger partial charge in [0, 0.05) is 29.6 Å². The second-order valence-corrected chi connectivity index (χ2v) is 7.50. The van der Waals surface area contributed by atoms with Gasteiger partial charge >= 0.3 is 5.97 Å². The van der Waals surface area contributed by atoms with Gasteiger partial charge < -0.3 is 14.0 Å². The highest BCUT2D eigenvalue weighted by atomic mass is 16.5. The van der Waals surface area contributed by atoms with E-state index in [-0.39, 0.29) is 19.0 Å². The van der Waals surface area contributed by atoms with E-state index in [0.717, 1.165) is 29.9 Å². The molecule has 0 N–H and O–H groups in total. The third-order valence-electron chi connectivity index (χ3n) is 4.74.